The maximum absolute atomic E-state index is 4.65. The average molecular weight is 299 g/mol. The minimum Gasteiger partial charge on any atom is -0.357 e. The standard InChI is InChI=1S/C17H25N5/c1-21-14-19-13-16(21)12-18-10-15-6-7-17(20-11-15)22-8-4-2-3-5-9-22/h6-7,11,13-14,18H,2-5,8-10,12H2,1H3. The molecule has 1 fully saturated rings. The number of imidazole rings is 1. The number of rotatable bonds is 5. The Labute approximate surface area is 132 Å². The number of aryl methyl sites for hydroxylation is 1. The van der Waals surface area contributed by atoms with E-state index in [0.717, 1.165) is 32.0 Å². The molecule has 0 spiro atoms. The largest absolute Gasteiger partial charge is 0.357 e. The van der Waals surface area contributed by atoms with Crippen molar-refractivity contribution in [3.05, 3.63) is 42.1 Å². The Hall–Kier alpha value is -1.88. The molecule has 5 nitrogen and oxygen atoms in total. The van der Waals surface area contributed by atoms with Gasteiger partial charge in [-0.3, -0.25) is 0 Å². The van der Waals surface area contributed by atoms with Crippen LogP contribution in [0.5, 0.6) is 0 Å². The average Bonchev–Trinajstić information content (AvgIpc) is 2.79. The van der Waals surface area contributed by atoms with E-state index < -0.39 is 0 Å². The lowest BCUT2D eigenvalue weighted by Crippen LogP contribution is -2.24. The van der Waals surface area contributed by atoms with Crippen LogP contribution in [0, 0.1) is 0 Å². The highest BCUT2D eigenvalue weighted by Crippen LogP contribution is 2.17. The molecule has 2 aromatic rings. The van der Waals surface area contributed by atoms with Crippen LogP contribution in [0.2, 0.25) is 0 Å². The number of nitrogens with one attached hydrogen (secondary N) is 1. The predicted octanol–water partition coefficient (Wildman–Crippen LogP) is 2.49. The van der Waals surface area contributed by atoms with Gasteiger partial charge in [-0.15, -0.1) is 0 Å². The van der Waals surface area contributed by atoms with Crippen molar-refractivity contribution in [2.24, 2.45) is 7.05 Å². The molecule has 1 aliphatic rings. The van der Waals surface area contributed by atoms with E-state index in [-0.39, 0.29) is 0 Å². The Morgan fingerprint density at radius 3 is 2.50 bits per heavy atom. The fourth-order valence-corrected chi connectivity index (χ4v) is 2.90. The lowest BCUT2D eigenvalue weighted by Gasteiger charge is -2.21. The van der Waals surface area contributed by atoms with Gasteiger partial charge in [0.25, 0.3) is 0 Å². The van der Waals surface area contributed by atoms with E-state index in [2.05, 4.69) is 32.3 Å². The summed E-state index contributed by atoms with van der Waals surface area (Å²) >= 11 is 0. The lowest BCUT2D eigenvalue weighted by atomic mass is 10.2. The Balaban J connectivity index is 1.51. The number of hydrogen-bond acceptors (Lipinski definition) is 4. The molecule has 118 valence electrons. The maximum Gasteiger partial charge on any atom is 0.128 e. The van der Waals surface area contributed by atoms with Crippen LogP contribution in [0.3, 0.4) is 0 Å². The molecule has 1 N–H and O–H groups in total. The second-order valence-corrected chi connectivity index (χ2v) is 6.03. The summed E-state index contributed by atoms with van der Waals surface area (Å²) in [5, 5.41) is 3.44. The molecule has 0 amide bonds. The minimum absolute atomic E-state index is 0.824. The SMILES string of the molecule is Cn1cncc1CNCc1ccc(N2CCCCCC2)nc1. The molecule has 0 radical (unpaired) electrons. The van der Waals surface area contributed by atoms with Crippen molar-refractivity contribution in [3.8, 4) is 0 Å². The molecule has 0 aromatic carbocycles. The molecule has 0 atom stereocenters. The number of pyridine rings is 1. The van der Waals surface area contributed by atoms with Crippen LogP contribution in [-0.4, -0.2) is 27.6 Å². The van der Waals surface area contributed by atoms with Gasteiger partial charge in [0.15, 0.2) is 0 Å². The Bertz CT molecular complexity index is 567. The molecular formula is C17H25N5. The molecule has 2 aromatic heterocycles. The van der Waals surface area contributed by atoms with Crippen molar-refractivity contribution in [1.82, 2.24) is 19.9 Å². The van der Waals surface area contributed by atoms with Crippen LogP contribution in [0.15, 0.2) is 30.9 Å². The molecule has 0 unspecified atom stereocenters. The minimum atomic E-state index is 0.824. The van der Waals surface area contributed by atoms with Gasteiger partial charge in [0.1, 0.15) is 5.82 Å². The summed E-state index contributed by atoms with van der Waals surface area (Å²) in [6.07, 6.45) is 11.0. The Morgan fingerprint density at radius 2 is 1.86 bits per heavy atom. The summed E-state index contributed by atoms with van der Waals surface area (Å²) in [7, 11) is 2.02. The van der Waals surface area contributed by atoms with Gasteiger partial charge in [0.2, 0.25) is 0 Å². The van der Waals surface area contributed by atoms with Crippen LogP contribution >= 0.6 is 0 Å². The molecule has 1 aliphatic heterocycles. The first-order valence-corrected chi connectivity index (χ1v) is 8.19. The maximum atomic E-state index is 4.65. The zero-order chi connectivity index (χ0) is 15.2. The van der Waals surface area contributed by atoms with Crippen molar-refractivity contribution in [2.45, 2.75) is 38.8 Å². The van der Waals surface area contributed by atoms with Crippen LogP contribution in [-0.2, 0) is 20.1 Å². The molecule has 3 rings (SSSR count). The molecule has 0 saturated carbocycles. The first-order valence-electron chi connectivity index (χ1n) is 8.19. The van der Waals surface area contributed by atoms with Gasteiger partial charge < -0.3 is 14.8 Å². The smallest absolute Gasteiger partial charge is 0.128 e. The van der Waals surface area contributed by atoms with Crippen molar-refractivity contribution >= 4 is 5.82 Å². The second-order valence-electron chi connectivity index (χ2n) is 6.03. The topological polar surface area (TPSA) is 46.0 Å². The Morgan fingerprint density at radius 1 is 1.05 bits per heavy atom. The fourth-order valence-electron chi connectivity index (χ4n) is 2.90. The first kappa shape index (κ1) is 15.0. The third-order valence-electron chi connectivity index (χ3n) is 4.29. The quantitative estimate of drug-likeness (QED) is 0.921. The van der Waals surface area contributed by atoms with Gasteiger partial charge in [-0.05, 0) is 24.5 Å². The van der Waals surface area contributed by atoms with Crippen LogP contribution in [0.25, 0.3) is 0 Å². The highest BCUT2D eigenvalue weighted by atomic mass is 15.2. The van der Waals surface area contributed by atoms with E-state index in [4.69, 9.17) is 0 Å². The van der Waals surface area contributed by atoms with Gasteiger partial charge >= 0.3 is 0 Å². The number of nitrogens with zero attached hydrogens (tertiary/aromatic N) is 4. The van der Waals surface area contributed by atoms with E-state index in [1.807, 2.05) is 30.3 Å². The third kappa shape index (κ3) is 3.85. The lowest BCUT2D eigenvalue weighted by molar-refractivity contribution is 0.653. The number of anilines is 1. The van der Waals surface area contributed by atoms with Gasteiger partial charge in [-0.1, -0.05) is 18.9 Å². The van der Waals surface area contributed by atoms with E-state index in [9.17, 15) is 0 Å². The monoisotopic (exact) mass is 299 g/mol. The third-order valence-corrected chi connectivity index (χ3v) is 4.29. The van der Waals surface area contributed by atoms with Crippen LogP contribution in [0.1, 0.15) is 36.9 Å². The van der Waals surface area contributed by atoms with Crippen LogP contribution < -0.4 is 10.2 Å². The van der Waals surface area contributed by atoms with Crippen molar-refractivity contribution in [2.75, 3.05) is 18.0 Å². The molecule has 5 heteroatoms. The van der Waals surface area contributed by atoms with E-state index in [1.54, 1.807) is 0 Å². The molecule has 0 aliphatic carbocycles. The summed E-state index contributed by atoms with van der Waals surface area (Å²) < 4.78 is 2.04. The second kappa shape index (κ2) is 7.40. The Kier molecular flexibility index (Phi) is 5.06. The predicted molar refractivity (Wildman–Crippen MR) is 88.7 cm³/mol. The van der Waals surface area contributed by atoms with Crippen molar-refractivity contribution in [1.29, 1.82) is 0 Å². The summed E-state index contributed by atoms with van der Waals surface area (Å²) in [5.74, 6) is 1.12. The normalized spacial score (nSPS) is 15.8. The first-order chi connectivity index (χ1) is 10.8. The van der Waals surface area contributed by atoms with Crippen molar-refractivity contribution < 1.29 is 0 Å². The molecule has 1 saturated heterocycles. The highest BCUT2D eigenvalue weighted by Gasteiger charge is 2.10. The zero-order valence-corrected chi connectivity index (χ0v) is 13.3. The number of hydrogen-bond donors (Lipinski definition) is 1. The van der Waals surface area contributed by atoms with E-state index in [0.29, 0.717) is 0 Å². The molecular weight excluding hydrogens is 274 g/mol. The van der Waals surface area contributed by atoms with E-state index in [1.165, 1.54) is 36.9 Å². The van der Waals surface area contributed by atoms with Gasteiger partial charge in [-0.2, -0.15) is 0 Å². The van der Waals surface area contributed by atoms with Crippen molar-refractivity contribution in [3.63, 3.8) is 0 Å². The van der Waals surface area contributed by atoms with Gasteiger partial charge in [-0.25, -0.2) is 9.97 Å². The van der Waals surface area contributed by atoms with Gasteiger partial charge in [0.05, 0.1) is 12.0 Å². The zero-order valence-electron chi connectivity index (χ0n) is 13.3. The summed E-state index contributed by atoms with van der Waals surface area (Å²) in [6, 6.07) is 4.34. The van der Waals surface area contributed by atoms with E-state index >= 15 is 0 Å². The van der Waals surface area contributed by atoms with Gasteiger partial charge in [0, 0.05) is 45.6 Å². The molecule has 22 heavy (non-hydrogen) atoms. The fraction of sp³-hybridized carbons (Fsp3) is 0.529. The highest BCUT2D eigenvalue weighted by molar-refractivity contribution is 5.39. The summed E-state index contributed by atoms with van der Waals surface area (Å²) in [6.45, 7) is 3.94. The summed E-state index contributed by atoms with van der Waals surface area (Å²) in [4.78, 5) is 11.2. The van der Waals surface area contributed by atoms with Crippen LogP contribution in [0.4, 0.5) is 5.82 Å². The summed E-state index contributed by atoms with van der Waals surface area (Å²) in [5.41, 5.74) is 2.41. The molecule has 3 heterocycles. The number of aromatic nitrogens is 3. The molecule has 0 bridgehead atoms.